The maximum absolute atomic E-state index is 9.60. The highest BCUT2D eigenvalue weighted by atomic mass is 16.4. The summed E-state index contributed by atoms with van der Waals surface area (Å²) < 4.78 is 0. The second-order valence-electron chi connectivity index (χ2n) is 1.49. The normalized spacial score (nSPS) is 6.44. The highest BCUT2D eigenvalue weighted by Crippen LogP contribution is 1.81. The van der Waals surface area contributed by atoms with Crippen molar-refractivity contribution in [3.8, 4) is 0 Å². The van der Waals surface area contributed by atoms with Gasteiger partial charge in [-0.25, -0.2) is 4.79 Å². The molecule has 2 heteroatoms. The van der Waals surface area contributed by atoms with Crippen molar-refractivity contribution < 1.29 is 9.90 Å². The molecular formula is C7H12O2. The lowest BCUT2D eigenvalue weighted by Gasteiger charge is -1.79. The molecule has 0 aromatic heterocycles. The molecule has 0 amide bonds. The fraction of sp³-hybridized carbons (Fsp3) is 0.286. The number of rotatable bonds is 1. The molecule has 0 atom stereocenters. The van der Waals surface area contributed by atoms with Crippen LogP contribution in [-0.2, 0) is 4.79 Å². The standard InChI is InChI=1S/C4H6O2.C3H6/c1-3(2)4(5)6;1-3-2/h1H2,2H3,(H,5,6);3H,1H2,2H3. The molecule has 0 heterocycles. The number of hydrogen-bond donors (Lipinski definition) is 1. The Bertz CT molecular complexity index is 102. The molecular weight excluding hydrogens is 116 g/mol. The highest BCUT2D eigenvalue weighted by molar-refractivity contribution is 5.84. The molecule has 2 nitrogen and oxygen atoms in total. The van der Waals surface area contributed by atoms with E-state index < -0.39 is 5.97 Å². The van der Waals surface area contributed by atoms with Crippen molar-refractivity contribution in [2.75, 3.05) is 0 Å². The van der Waals surface area contributed by atoms with Gasteiger partial charge in [0.2, 0.25) is 0 Å². The van der Waals surface area contributed by atoms with Gasteiger partial charge in [-0.05, 0) is 13.8 Å². The largest absolute Gasteiger partial charge is 0.478 e. The number of carboxylic acids is 1. The fourth-order valence-electron chi connectivity index (χ4n) is 0. The predicted octanol–water partition coefficient (Wildman–Crippen LogP) is 1.84. The van der Waals surface area contributed by atoms with Crippen LogP contribution in [0.15, 0.2) is 24.8 Å². The summed E-state index contributed by atoms with van der Waals surface area (Å²) in [7, 11) is 0. The van der Waals surface area contributed by atoms with E-state index in [-0.39, 0.29) is 5.57 Å². The minimum absolute atomic E-state index is 0.176. The van der Waals surface area contributed by atoms with Crippen molar-refractivity contribution >= 4 is 5.97 Å². The molecule has 0 saturated heterocycles. The van der Waals surface area contributed by atoms with Crippen molar-refractivity contribution in [1.29, 1.82) is 0 Å². The Morgan fingerprint density at radius 3 is 1.78 bits per heavy atom. The van der Waals surface area contributed by atoms with Crippen molar-refractivity contribution in [3.63, 3.8) is 0 Å². The topological polar surface area (TPSA) is 37.3 Å². The maximum Gasteiger partial charge on any atom is 0.330 e. The Kier molecular flexibility index (Phi) is 8.38. The van der Waals surface area contributed by atoms with E-state index in [1.165, 1.54) is 6.92 Å². The molecule has 52 valence electrons. The molecule has 0 rings (SSSR count). The molecule has 0 spiro atoms. The molecule has 0 aliphatic rings. The molecule has 0 aromatic carbocycles. The van der Waals surface area contributed by atoms with Crippen LogP contribution in [0.25, 0.3) is 0 Å². The van der Waals surface area contributed by atoms with Crippen molar-refractivity contribution in [2.24, 2.45) is 0 Å². The molecule has 0 bridgehead atoms. The second-order valence-corrected chi connectivity index (χ2v) is 1.49. The first kappa shape index (κ1) is 10.8. The minimum Gasteiger partial charge on any atom is -0.478 e. The van der Waals surface area contributed by atoms with E-state index in [9.17, 15) is 4.79 Å². The Hall–Kier alpha value is -1.05. The third kappa shape index (κ3) is 19.6. The molecule has 0 aliphatic heterocycles. The number of aliphatic carboxylic acids is 1. The monoisotopic (exact) mass is 128 g/mol. The van der Waals surface area contributed by atoms with Gasteiger partial charge in [0, 0.05) is 5.57 Å². The fourth-order valence-corrected chi connectivity index (χ4v) is 0. The lowest BCUT2D eigenvalue weighted by molar-refractivity contribution is -0.132. The first-order valence-electron chi connectivity index (χ1n) is 2.52. The third-order valence-electron chi connectivity index (χ3n) is 0.365. The lowest BCUT2D eigenvalue weighted by atomic mass is 10.4. The van der Waals surface area contributed by atoms with Crippen LogP contribution in [0.5, 0.6) is 0 Å². The first-order valence-corrected chi connectivity index (χ1v) is 2.52. The molecule has 9 heavy (non-hydrogen) atoms. The first-order chi connectivity index (χ1) is 4.06. The van der Waals surface area contributed by atoms with Gasteiger partial charge in [-0.1, -0.05) is 12.7 Å². The van der Waals surface area contributed by atoms with Gasteiger partial charge >= 0.3 is 5.97 Å². The zero-order valence-electron chi connectivity index (χ0n) is 5.85. The molecule has 0 radical (unpaired) electrons. The van der Waals surface area contributed by atoms with Crippen LogP contribution in [-0.4, -0.2) is 11.1 Å². The molecule has 0 aromatic rings. The summed E-state index contributed by atoms with van der Waals surface area (Å²) >= 11 is 0. The van der Waals surface area contributed by atoms with Gasteiger partial charge in [-0.15, -0.1) is 6.58 Å². The average Bonchev–Trinajstić information content (AvgIpc) is 1.68. The van der Waals surface area contributed by atoms with Crippen LogP contribution in [0, 0.1) is 0 Å². The summed E-state index contributed by atoms with van der Waals surface area (Å²) in [6.07, 6.45) is 1.75. The molecule has 0 fully saturated rings. The van der Waals surface area contributed by atoms with E-state index >= 15 is 0 Å². The van der Waals surface area contributed by atoms with Gasteiger partial charge in [-0.2, -0.15) is 0 Å². The van der Waals surface area contributed by atoms with Crippen LogP contribution in [0.4, 0.5) is 0 Å². The van der Waals surface area contributed by atoms with E-state index in [0.29, 0.717) is 0 Å². The van der Waals surface area contributed by atoms with Crippen LogP contribution < -0.4 is 0 Å². The van der Waals surface area contributed by atoms with Gasteiger partial charge in [0.1, 0.15) is 0 Å². The molecule has 0 aliphatic carbocycles. The van der Waals surface area contributed by atoms with Gasteiger partial charge in [-0.3, -0.25) is 0 Å². The number of carbonyl (C=O) groups is 1. The van der Waals surface area contributed by atoms with Gasteiger partial charge in [0.15, 0.2) is 0 Å². The Balaban J connectivity index is 0. The van der Waals surface area contributed by atoms with Crippen LogP contribution in [0.1, 0.15) is 13.8 Å². The third-order valence-corrected chi connectivity index (χ3v) is 0.365. The number of allylic oxidation sites excluding steroid dienone is 1. The van der Waals surface area contributed by atoms with Crippen LogP contribution in [0.2, 0.25) is 0 Å². The number of carboxylic acid groups (broad SMARTS) is 1. The second kappa shape index (κ2) is 6.95. The van der Waals surface area contributed by atoms with Gasteiger partial charge < -0.3 is 5.11 Å². The summed E-state index contributed by atoms with van der Waals surface area (Å²) in [6.45, 7) is 9.85. The molecule has 0 saturated carbocycles. The maximum atomic E-state index is 9.60. The minimum atomic E-state index is -0.935. The Labute approximate surface area is 55.5 Å². The summed E-state index contributed by atoms with van der Waals surface area (Å²) in [4.78, 5) is 9.60. The van der Waals surface area contributed by atoms with Crippen molar-refractivity contribution in [3.05, 3.63) is 24.8 Å². The van der Waals surface area contributed by atoms with Crippen LogP contribution in [0.3, 0.4) is 0 Å². The Morgan fingerprint density at radius 2 is 1.78 bits per heavy atom. The molecule has 0 unspecified atom stereocenters. The highest BCUT2D eigenvalue weighted by Gasteiger charge is 1.90. The van der Waals surface area contributed by atoms with E-state index in [2.05, 4.69) is 13.2 Å². The van der Waals surface area contributed by atoms with Crippen molar-refractivity contribution in [2.45, 2.75) is 13.8 Å². The van der Waals surface area contributed by atoms with Gasteiger partial charge in [0.25, 0.3) is 0 Å². The smallest absolute Gasteiger partial charge is 0.330 e. The quantitative estimate of drug-likeness (QED) is 0.432. The summed E-state index contributed by atoms with van der Waals surface area (Å²) in [5.41, 5.74) is 0.176. The van der Waals surface area contributed by atoms with E-state index in [1.807, 2.05) is 6.92 Å². The average molecular weight is 128 g/mol. The SMILES string of the molecule is C=C(C)C(=O)O.C=CC. The number of hydrogen-bond acceptors (Lipinski definition) is 1. The zero-order valence-corrected chi connectivity index (χ0v) is 5.85. The van der Waals surface area contributed by atoms with Crippen LogP contribution >= 0.6 is 0 Å². The summed E-state index contributed by atoms with van der Waals surface area (Å²) in [6, 6.07) is 0. The van der Waals surface area contributed by atoms with E-state index in [0.717, 1.165) is 0 Å². The van der Waals surface area contributed by atoms with Crippen molar-refractivity contribution in [1.82, 2.24) is 0 Å². The predicted molar refractivity (Wildman–Crippen MR) is 38.3 cm³/mol. The summed E-state index contributed by atoms with van der Waals surface area (Å²) in [5, 5.41) is 7.89. The zero-order chi connectivity index (χ0) is 7.86. The molecule has 1 N–H and O–H groups in total. The van der Waals surface area contributed by atoms with Gasteiger partial charge in [0.05, 0.1) is 0 Å². The van der Waals surface area contributed by atoms with E-state index in [1.54, 1.807) is 6.08 Å². The van der Waals surface area contributed by atoms with E-state index in [4.69, 9.17) is 5.11 Å². The Morgan fingerprint density at radius 1 is 1.67 bits per heavy atom. The summed E-state index contributed by atoms with van der Waals surface area (Å²) in [5.74, 6) is -0.935. The lowest BCUT2D eigenvalue weighted by Crippen LogP contribution is -1.92.